The third-order valence-electron chi connectivity index (χ3n) is 4.72. The molecule has 8 heteroatoms. The average Bonchev–Trinajstić information content (AvgIpc) is 3.23. The van der Waals surface area contributed by atoms with E-state index in [2.05, 4.69) is 20.6 Å². The molecule has 7 nitrogen and oxygen atoms in total. The lowest BCUT2D eigenvalue weighted by Crippen LogP contribution is -2.44. The van der Waals surface area contributed by atoms with Crippen LogP contribution in [0.15, 0.2) is 23.3 Å². The molecule has 144 valence electrons. The second kappa shape index (κ2) is 8.70. The maximum Gasteiger partial charge on any atom is 0.213 e. The van der Waals surface area contributed by atoms with Crippen molar-refractivity contribution >= 4 is 15.8 Å². The lowest BCUT2D eigenvalue weighted by Gasteiger charge is -2.16. The molecule has 0 bridgehead atoms. The van der Waals surface area contributed by atoms with E-state index >= 15 is 0 Å². The van der Waals surface area contributed by atoms with Crippen molar-refractivity contribution in [2.75, 3.05) is 18.1 Å². The molecule has 0 aromatic carbocycles. The molecule has 2 fully saturated rings. The monoisotopic (exact) mass is 380 g/mol. The minimum Gasteiger partial charge on any atom is -0.474 e. The number of pyridine rings is 1. The summed E-state index contributed by atoms with van der Waals surface area (Å²) in [6.45, 7) is 3.18. The van der Waals surface area contributed by atoms with Gasteiger partial charge in [0.1, 0.15) is 6.10 Å². The predicted molar refractivity (Wildman–Crippen MR) is 102 cm³/mol. The summed E-state index contributed by atoms with van der Waals surface area (Å²) in [6, 6.07) is 3.80. The molecular formula is C18H28N4O3S. The first-order valence-corrected chi connectivity index (χ1v) is 11.2. The highest BCUT2D eigenvalue weighted by Crippen LogP contribution is 2.22. The summed E-state index contributed by atoms with van der Waals surface area (Å²) >= 11 is 0. The Morgan fingerprint density at radius 3 is 2.73 bits per heavy atom. The van der Waals surface area contributed by atoms with E-state index < -0.39 is 9.84 Å². The molecule has 1 aliphatic heterocycles. The van der Waals surface area contributed by atoms with Crippen LogP contribution in [0.25, 0.3) is 0 Å². The van der Waals surface area contributed by atoms with E-state index in [9.17, 15) is 8.42 Å². The van der Waals surface area contributed by atoms with Gasteiger partial charge >= 0.3 is 0 Å². The number of nitrogens with one attached hydrogen (secondary N) is 2. The molecule has 1 saturated carbocycles. The molecule has 3 rings (SSSR count). The summed E-state index contributed by atoms with van der Waals surface area (Å²) in [5, 5.41) is 6.38. The number of hydrogen-bond acceptors (Lipinski definition) is 5. The van der Waals surface area contributed by atoms with Crippen LogP contribution in [0.4, 0.5) is 0 Å². The Hall–Kier alpha value is -1.83. The van der Waals surface area contributed by atoms with Gasteiger partial charge in [-0.15, -0.1) is 0 Å². The third-order valence-corrected chi connectivity index (χ3v) is 6.49. The number of aliphatic imine (C=N–C) groups is 1. The summed E-state index contributed by atoms with van der Waals surface area (Å²) in [6.07, 6.45) is 7.42. The Morgan fingerprint density at radius 2 is 2.12 bits per heavy atom. The largest absolute Gasteiger partial charge is 0.474 e. The number of aromatic nitrogens is 1. The van der Waals surface area contributed by atoms with E-state index in [0.717, 1.165) is 24.9 Å². The summed E-state index contributed by atoms with van der Waals surface area (Å²) in [7, 11) is -2.91. The van der Waals surface area contributed by atoms with Crippen molar-refractivity contribution < 1.29 is 13.2 Å². The van der Waals surface area contributed by atoms with E-state index in [4.69, 9.17) is 4.74 Å². The standard InChI is InChI=1S/C18H28N4O3S/c1-2-19-18(22-15-9-10-26(23,24)13-15)21-12-14-7-8-17(20-11-14)25-16-5-3-4-6-16/h7-8,11,15-16H,2-6,9-10,12-13H2,1H3,(H2,19,21,22). The fourth-order valence-corrected chi connectivity index (χ4v) is 5.02. The molecule has 0 radical (unpaired) electrons. The van der Waals surface area contributed by atoms with Crippen LogP contribution in [-0.2, 0) is 16.4 Å². The van der Waals surface area contributed by atoms with Gasteiger partial charge in [-0.1, -0.05) is 6.07 Å². The highest BCUT2D eigenvalue weighted by molar-refractivity contribution is 7.91. The number of rotatable bonds is 6. The third kappa shape index (κ3) is 5.59. The number of sulfone groups is 1. The zero-order valence-corrected chi connectivity index (χ0v) is 16.1. The van der Waals surface area contributed by atoms with E-state index in [1.165, 1.54) is 12.8 Å². The van der Waals surface area contributed by atoms with E-state index in [1.807, 2.05) is 19.1 Å². The molecule has 26 heavy (non-hydrogen) atoms. The predicted octanol–water partition coefficient (Wildman–Crippen LogP) is 1.65. The van der Waals surface area contributed by atoms with Crippen molar-refractivity contribution in [1.82, 2.24) is 15.6 Å². The molecule has 1 unspecified atom stereocenters. The van der Waals surface area contributed by atoms with Crippen molar-refractivity contribution in [1.29, 1.82) is 0 Å². The number of guanidine groups is 1. The fraction of sp³-hybridized carbons (Fsp3) is 0.667. The Balaban J connectivity index is 1.54. The SMILES string of the molecule is CCNC(=NCc1ccc(OC2CCCC2)nc1)NC1CCS(=O)(=O)C1. The van der Waals surface area contributed by atoms with Gasteiger partial charge in [-0.05, 0) is 44.6 Å². The van der Waals surface area contributed by atoms with Crippen molar-refractivity contribution in [2.45, 2.75) is 57.7 Å². The quantitative estimate of drug-likeness (QED) is 0.576. The molecular weight excluding hydrogens is 352 g/mol. The molecule has 2 aliphatic rings. The van der Waals surface area contributed by atoms with Gasteiger partial charge in [-0.25, -0.2) is 18.4 Å². The average molecular weight is 381 g/mol. The maximum atomic E-state index is 11.6. The van der Waals surface area contributed by atoms with Crippen LogP contribution in [0.1, 0.15) is 44.6 Å². The molecule has 1 saturated heterocycles. The van der Waals surface area contributed by atoms with Gasteiger partial charge in [-0.3, -0.25) is 0 Å². The molecule has 2 heterocycles. The zero-order chi connectivity index (χ0) is 18.4. The second-order valence-corrected chi connectivity index (χ2v) is 9.20. The summed E-state index contributed by atoms with van der Waals surface area (Å²) in [4.78, 5) is 8.92. The summed E-state index contributed by atoms with van der Waals surface area (Å²) in [5.74, 6) is 1.73. The Bertz CT molecular complexity index is 712. The van der Waals surface area contributed by atoms with Crippen molar-refractivity contribution in [2.24, 2.45) is 4.99 Å². The topological polar surface area (TPSA) is 92.7 Å². The van der Waals surface area contributed by atoms with Gasteiger partial charge in [0.15, 0.2) is 15.8 Å². The fourth-order valence-electron chi connectivity index (χ4n) is 3.34. The summed E-state index contributed by atoms with van der Waals surface area (Å²) < 4.78 is 29.1. The van der Waals surface area contributed by atoms with Crippen LogP contribution >= 0.6 is 0 Å². The number of ether oxygens (including phenoxy) is 1. The molecule has 0 spiro atoms. The van der Waals surface area contributed by atoms with Gasteiger partial charge in [0.05, 0.1) is 18.1 Å². The van der Waals surface area contributed by atoms with Gasteiger partial charge in [0.2, 0.25) is 5.88 Å². The second-order valence-electron chi connectivity index (χ2n) is 6.97. The Labute approximate surface area is 155 Å². The first-order chi connectivity index (χ1) is 12.5. The van der Waals surface area contributed by atoms with Crippen LogP contribution < -0.4 is 15.4 Å². The molecule has 0 amide bonds. The summed E-state index contributed by atoms with van der Waals surface area (Å²) in [5.41, 5.74) is 0.986. The van der Waals surface area contributed by atoms with Crippen LogP contribution in [-0.4, -0.2) is 49.6 Å². The lowest BCUT2D eigenvalue weighted by atomic mass is 10.2. The Morgan fingerprint density at radius 1 is 1.31 bits per heavy atom. The van der Waals surface area contributed by atoms with E-state index in [0.29, 0.717) is 30.9 Å². The van der Waals surface area contributed by atoms with Gasteiger partial charge in [0, 0.05) is 24.8 Å². The smallest absolute Gasteiger partial charge is 0.213 e. The lowest BCUT2D eigenvalue weighted by molar-refractivity contribution is 0.201. The van der Waals surface area contributed by atoms with E-state index in [1.54, 1.807) is 6.20 Å². The van der Waals surface area contributed by atoms with Gasteiger partial charge in [0.25, 0.3) is 0 Å². The van der Waals surface area contributed by atoms with Crippen molar-refractivity contribution in [3.8, 4) is 5.88 Å². The van der Waals surface area contributed by atoms with Crippen LogP contribution in [0, 0.1) is 0 Å². The normalized spacial score (nSPS) is 23.1. The minimum absolute atomic E-state index is 0.0712. The van der Waals surface area contributed by atoms with Crippen molar-refractivity contribution in [3.05, 3.63) is 23.9 Å². The van der Waals surface area contributed by atoms with Gasteiger partial charge in [-0.2, -0.15) is 0 Å². The van der Waals surface area contributed by atoms with Crippen LogP contribution in [0.3, 0.4) is 0 Å². The first kappa shape index (κ1) is 18.9. The minimum atomic E-state index is -2.91. The molecule has 1 aromatic heterocycles. The van der Waals surface area contributed by atoms with E-state index in [-0.39, 0.29) is 17.5 Å². The maximum absolute atomic E-state index is 11.6. The molecule has 1 atom stereocenters. The molecule has 1 aliphatic carbocycles. The van der Waals surface area contributed by atoms with Gasteiger partial charge < -0.3 is 15.4 Å². The molecule has 2 N–H and O–H groups in total. The highest BCUT2D eigenvalue weighted by Gasteiger charge is 2.28. The van der Waals surface area contributed by atoms with Crippen molar-refractivity contribution in [3.63, 3.8) is 0 Å². The number of nitrogens with zero attached hydrogens (tertiary/aromatic N) is 2. The number of hydrogen-bond donors (Lipinski definition) is 2. The molecule has 1 aromatic rings. The van der Waals surface area contributed by atoms with Crippen LogP contribution in [0.2, 0.25) is 0 Å². The highest BCUT2D eigenvalue weighted by atomic mass is 32.2. The van der Waals surface area contributed by atoms with Crippen LogP contribution in [0.5, 0.6) is 5.88 Å². The zero-order valence-electron chi connectivity index (χ0n) is 15.3. The first-order valence-electron chi connectivity index (χ1n) is 9.41. The Kier molecular flexibility index (Phi) is 6.34.